The summed E-state index contributed by atoms with van der Waals surface area (Å²) in [6.07, 6.45) is 15.8. The fourth-order valence-electron chi connectivity index (χ4n) is 4.10. The summed E-state index contributed by atoms with van der Waals surface area (Å²) < 4.78 is 48.5. The summed E-state index contributed by atoms with van der Waals surface area (Å²) in [4.78, 5) is 16.5. The summed E-state index contributed by atoms with van der Waals surface area (Å²) >= 11 is 0. The number of sulfone groups is 1. The molecule has 0 fully saturated rings. The summed E-state index contributed by atoms with van der Waals surface area (Å²) in [7, 11) is -8.05. The van der Waals surface area contributed by atoms with Gasteiger partial charge >= 0.3 is 13.3 Å². The summed E-state index contributed by atoms with van der Waals surface area (Å²) in [5, 5.41) is 8.40. The number of rotatable bonds is 26. The van der Waals surface area contributed by atoms with Crippen molar-refractivity contribution in [2.24, 2.45) is 0 Å². The molecule has 0 heterocycles. The lowest BCUT2D eigenvalue weighted by Crippen LogP contribution is -2.36. The van der Waals surface area contributed by atoms with Gasteiger partial charge in [0.2, 0.25) is 0 Å². The van der Waals surface area contributed by atoms with Gasteiger partial charge < -0.3 is 5.11 Å². The molecule has 0 rings (SSSR count). The molecular formula is C26H53O8PS. The van der Waals surface area contributed by atoms with Crippen molar-refractivity contribution in [3.05, 3.63) is 0 Å². The average Bonchev–Trinajstić information content (AvgIpc) is 2.84. The van der Waals surface area contributed by atoms with Crippen LogP contribution in [-0.4, -0.2) is 42.9 Å². The van der Waals surface area contributed by atoms with E-state index in [1.807, 2.05) is 0 Å². The van der Waals surface area contributed by atoms with E-state index < -0.39 is 34.5 Å². The predicted molar refractivity (Wildman–Crippen MR) is 146 cm³/mol. The van der Waals surface area contributed by atoms with Crippen LogP contribution >= 0.6 is 7.60 Å². The highest BCUT2D eigenvalue weighted by Crippen LogP contribution is 2.49. The third kappa shape index (κ3) is 16.4. The van der Waals surface area contributed by atoms with Crippen LogP contribution in [0.1, 0.15) is 137 Å². The van der Waals surface area contributed by atoms with Crippen molar-refractivity contribution < 1.29 is 37.0 Å². The highest BCUT2D eigenvalue weighted by atomic mass is 32.2. The molecule has 0 aliphatic rings. The molecule has 0 aliphatic heterocycles. The van der Waals surface area contributed by atoms with Crippen LogP contribution in [-0.2, 0) is 28.5 Å². The van der Waals surface area contributed by atoms with Gasteiger partial charge in [0.15, 0.2) is 9.84 Å². The van der Waals surface area contributed by atoms with Gasteiger partial charge in [-0.25, -0.2) is 22.7 Å². The highest BCUT2D eigenvalue weighted by molar-refractivity contribution is 7.92. The largest absolute Gasteiger partial charge is 0.472 e. The van der Waals surface area contributed by atoms with Gasteiger partial charge in [0, 0.05) is 0 Å². The second kappa shape index (κ2) is 21.5. The SMILES string of the molecule is CCCCCCCCCCCS(=O)(=O)C(CCCCCCCC)C(C)OOP(=O)(OCCC)C(=O)O. The number of unbranched alkanes of at least 4 members (excludes halogenated alkanes) is 13. The molecule has 0 spiro atoms. The van der Waals surface area contributed by atoms with E-state index >= 15 is 0 Å². The Bertz CT molecular complexity index is 698. The van der Waals surface area contributed by atoms with E-state index in [-0.39, 0.29) is 12.4 Å². The third-order valence-corrected chi connectivity index (χ3v) is 10.0. The molecule has 10 heteroatoms. The van der Waals surface area contributed by atoms with E-state index in [0.717, 1.165) is 57.8 Å². The molecule has 8 nitrogen and oxygen atoms in total. The van der Waals surface area contributed by atoms with Crippen molar-refractivity contribution in [1.29, 1.82) is 0 Å². The van der Waals surface area contributed by atoms with Crippen LogP contribution in [0.5, 0.6) is 0 Å². The van der Waals surface area contributed by atoms with Gasteiger partial charge in [0.1, 0.15) is 6.10 Å². The Balaban J connectivity index is 4.93. The molecule has 0 aromatic carbocycles. The first-order valence-electron chi connectivity index (χ1n) is 14.2. The number of hydrogen-bond donors (Lipinski definition) is 1. The number of carbonyl (C=O) groups is 1. The van der Waals surface area contributed by atoms with Gasteiger partial charge in [-0.3, -0.25) is 4.52 Å². The van der Waals surface area contributed by atoms with Crippen molar-refractivity contribution in [2.75, 3.05) is 12.4 Å². The van der Waals surface area contributed by atoms with Crippen molar-refractivity contribution >= 4 is 23.1 Å². The minimum absolute atomic E-state index is 0.0555. The fourth-order valence-corrected chi connectivity index (χ4v) is 7.06. The zero-order chi connectivity index (χ0) is 27.3. The summed E-state index contributed by atoms with van der Waals surface area (Å²) in [6.45, 7) is 7.55. The Labute approximate surface area is 220 Å². The van der Waals surface area contributed by atoms with E-state index in [9.17, 15) is 22.9 Å². The Morgan fingerprint density at radius 2 is 1.25 bits per heavy atom. The molecular weight excluding hydrogens is 503 g/mol. The van der Waals surface area contributed by atoms with Crippen LogP contribution in [0.4, 0.5) is 4.79 Å². The van der Waals surface area contributed by atoms with Crippen molar-refractivity contribution in [2.45, 2.75) is 148 Å². The van der Waals surface area contributed by atoms with Crippen molar-refractivity contribution in [3.63, 3.8) is 0 Å². The lowest BCUT2D eigenvalue weighted by Gasteiger charge is -2.24. The fraction of sp³-hybridized carbons (Fsp3) is 0.962. The van der Waals surface area contributed by atoms with Gasteiger partial charge in [-0.15, -0.1) is 4.67 Å². The van der Waals surface area contributed by atoms with E-state index in [0.29, 0.717) is 19.3 Å². The molecule has 216 valence electrons. The first-order valence-corrected chi connectivity index (χ1v) is 17.4. The lowest BCUT2D eigenvalue weighted by molar-refractivity contribution is -0.246. The Hall–Kier alpha value is -0.470. The van der Waals surface area contributed by atoms with Crippen molar-refractivity contribution in [1.82, 2.24) is 0 Å². The van der Waals surface area contributed by atoms with Crippen LogP contribution in [0.25, 0.3) is 0 Å². The minimum atomic E-state index is -4.54. The second-order valence-electron chi connectivity index (χ2n) is 9.78. The Morgan fingerprint density at radius 3 is 1.72 bits per heavy atom. The van der Waals surface area contributed by atoms with Gasteiger partial charge in [0.25, 0.3) is 0 Å². The molecule has 3 unspecified atom stereocenters. The van der Waals surface area contributed by atoms with Gasteiger partial charge in [-0.1, -0.05) is 111 Å². The molecule has 3 atom stereocenters. The summed E-state index contributed by atoms with van der Waals surface area (Å²) in [6, 6.07) is 0. The maximum absolute atomic E-state index is 13.2. The quantitative estimate of drug-likeness (QED) is 0.0487. The number of hydrogen-bond acceptors (Lipinski definition) is 7. The first kappa shape index (κ1) is 35.5. The molecule has 0 aromatic rings. The van der Waals surface area contributed by atoms with Crippen molar-refractivity contribution in [3.8, 4) is 0 Å². The highest BCUT2D eigenvalue weighted by Gasteiger charge is 2.39. The molecule has 0 bridgehead atoms. The topological polar surface area (TPSA) is 116 Å². The Kier molecular flexibility index (Phi) is 21.2. The zero-order valence-electron chi connectivity index (χ0n) is 23.3. The zero-order valence-corrected chi connectivity index (χ0v) is 25.0. The van der Waals surface area contributed by atoms with Gasteiger partial charge in [-0.05, 0) is 26.2 Å². The van der Waals surface area contributed by atoms with E-state index in [2.05, 4.69) is 13.8 Å². The standard InChI is InChI=1S/C26H53O8PS/c1-5-8-10-12-14-15-16-18-20-23-36(30,31)25(21-19-17-13-11-9-6-2)24(4)33-34-35(29,26(27)28)32-22-7-3/h24-25H,5-23H2,1-4H3,(H,27,28). The maximum atomic E-state index is 13.2. The van der Waals surface area contributed by atoms with Gasteiger partial charge in [-0.2, -0.15) is 0 Å². The van der Waals surface area contributed by atoms with Crippen LogP contribution in [0.15, 0.2) is 0 Å². The maximum Gasteiger partial charge on any atom is 0.464 e. The monoisotopic (exact) mass is 556 g/mol. The lowest BCUT2D eigenvalue weighted by atomic mass is 10.1. The molecule has 0 radical (unpaired) electrons. The second-order valence-corrected chi connectivity index (χ2v) is 13.9. The van der Waals surface area contributed by atoms with E-state index in [4.69, 9.17) is 14.1 Å². The third-order valence-electron chi connectivity index (χ3n) is 6.35. The molecule has 0 aliphatic carbocycles. The molecule has 0 saturated carbocycles. The van der Waals surface area contributed by atoms with Gasteiger partial charge in [0.05, 0.1) is 17.6 Å². The smallest absolute Gasteiger partial charge is 0.464 e. The number of carboxylic acid groups (broad SMARTS) is 1. The predicted octanol–water partition coefficient (Wildman–Crippen LogP) is 8.69. The minimum Gasteiger partial charge on any atom is -0.472 e. The van der Waals surface area contributed by atoms with Crippen LogP contribution < -0.4 is 0 Å². The molecule has 1 N–H and O–H groups in total. The summed E-state index contributed by atoms with van der Waals surface area (Å²) in [5.74, 6) is 0.0555. The van der Waals surface area contributed by atoms with E-state index in [1.165, 1.54) is 39.0 Å². The molecule has 0 saturated heterocycles. The first-order chi connectivity index (χ1) is 17.1. The average molecular weight is 557 g/mol. The molecule has 0 aromatic heterocycles. The Morgan fingerprint density at radius 1 is 0.778 bits per heavy atom. The molecule has 0 amide bonds. The van der Waals surface area contributed by atoms with Crippen LogP contribution in [0.3, 0.4) is 0 Å². The van der Waals surface area contributed by atoms with E-state index in [1.54, 1.807) is 6.92 Å². The summed E-state index contributed by atoms with van der Waals surface area (Å²) in [5.41, 5.74) is -1.76. The van der Waals surface area contributed by atoms with Crippen LogP contribution in [0.2, 0.25) is 0 Å². The normalized spacial score (nSPS) is 15.4. The molecule has 36 heavy (non-hydrogen) atoms. The van der Waals surface area contributed by atoms with Crippen LogP contribution in [0, 0.1) is 0 Å².